The zero-order valence-electron chi connectivity index (χ0n) is 16.3. The number of hydrogen-bond donors (Lipinski definition) is 1. The van der Waals surface area contributed by atoms with Crippen LogP contribution in [0.3, 0.4) is 0 Å². The molecule has 2 atom stereocenters. The van der Waals surface area contributed by atoms with Crippen LogP contribution in [0.5, 0.6) is 0 Å². The highest BCUT2D eigenvalue weighted by Gasteiger charge is 2.50. The zero-order chi connectivity index (χ0) is 23.8. The number of carbonyl (C=O) groups excluding carboxylic acids is 1. The van der Waals surface area contributed by atoms with Crippen molar-refractivity contribution in [2.24, 2.45) is 10.7 Å². The fourth-order valence-electron chi connectivity index (χ4n) is 3.33. The molecule has 6 nitrogen and oxygen atoms in total. The van der Waals surface area contributed by atoms with Crippen LogP contribution in [0, 0.1) is 23.0 Å². The van der Waals surface area contributed by atoms with E-state index in [1.165, 1.54) is 6.07 Å². The molecule has 0 radical (unpaired) electrons. The number of ketones is 1. The number of ether oxygens (including phenoxy) is 1. The molecule has 12 heteroatoms. The van der Waals surface area contributed by atoms with Crippen molar-refractivity contribution in [3.8, 4) is 6.07 Å². The minimum atomic E-state index is -4.82. The maximum Gasteiger partial charge on any atom is 0.425 e. The normalized spacial score (nSPS) is 20.8. The van der Waals surface area contributed by atoms with Crippen molar-refractivity contribution in [2.45, 2.75) is 37.6 Å². The van der Waals surface area contributed by atoms with Crippen molar-refractivity contribution in [1.29, 1.82) is 5.26 Å². The number of pyridine rings is 1. The summed E-state index contributed by atoms with van der Waals surface area (Å²) >= 11 is 5.96. The third-order valence-electron chi connectivity index (χ3n) is 4.84. The lowest BCUT2D eigenvalue weighted by atomic mass is 9.84. The molecule has 0 fully saturated rings. The number of Topliss-reactive ketones (excluding diaryl/α,β-unsaturated/α-hetero) is 1. The maximum atomic E-state index is 14.6. The van der Waals surface area contributed by atoms with Gasteiger partial charge in [0.1, 0.15) is 11.8 Å². The van der Waals surface area contributed by atoms with Crippen molar-refractivity contribution >= 4 is 23.4 Å². The number of nitrogens with two attached hydrogens (primary N) is 1. The summed E-state index contributed by atoms with van der Waals surface area (Å²) in [5.41, 5.74) is 2.82. The molecule has 3 rings (SSSR count). The van der Waals surface area contributed by atoms with Crippen molar-refractivity contribution in [3.05, 3.63) is 63.4 Å². The summed E-state index contributed by atoms with van der Waals surface area (Å²) in [6.07, 6.45) is -7.42. The summed E-state index contributed by atoms with van der Waals surface area (Å²) in [6.45, 7) is 1.16. The summed E-state index contributed by atoms with van der Waals surface area (Å²) in [6, 6.07) is 3.98. The lowest BCUT2D eigenvalue weighted by Crippen LogP contribution is -2.46. The minimum Gasteiger partial charge on any atom is -0.452 e. The molecule has 1 aromatic heterocycles. The number of nitrogens with zero attached hydrogens (tertiary/aromatic N) is 3. The van der Waals surface area contributed by atoms with Gasteiger partial charge in [0.2, 0.25) is 0 Å². The topological polar surface area (TPSA) is 101 Å². The first-order valence-electron chi connectivity index (χ1n) is 9.00. The van der Waals surface area contributed by atoms with Gasteiger partial charge in [-0.15, -0.1) is 0 Å². The largest absolute Gasteiger partial charge is 0.452 e. The summed E-state index contributed by atoms with van der Waals surface area (Å²) in [5, 5.41) is 8.73. The Balaban J connectivity index is 1.99. The molecule has 2 aromatic rings. The second-order valence-corrected chi connectivity index (χ2v) is 7.69. The monoisotopic (exact) mass is 472 g/mol. The number of aliphatic imine (C=N–C) groups is 1. The van der Waals surface area contributed by atoms with Crippen molar-refractivity contribution < 1.29 is 31.5 Å². The molecule has 0 saturated carbocycles. The van der Waals surface area contributed by atoms with Crippen LogP contribution in [0.25, 0.3) is 0 Å². The van der Waals surface area contributed by atoms with E-state index >= 15 is 0 Å². The Bertz CT molecular complexity index is 1160. The van der Waals surface area contributed by atoms with Crippen LogP contribution in [0.2, 0.25) is 5.02 Å². The summed E-state index contributed by atoms with van der Waals surface area (Å²) in [7, 11) is 0. The molecule has 2 heterocycles. The Kier molecular flexibility index (Phi) is 6.11. The third-order valence-corrected chi connectivity index (χ3v) is 5.12. The molecule has 0 unspecified atom stereocenters. The van der Waals surface area contributed by atoms with Gasteiger partial charge in [0.05, 0.1) is 16.1 Å². The highest BCUT2D eigenvalue weighted by Crippen LogP contribution is 2.41. The molecule has 0 amide bonds. The SMILES string of the molecule is C[C@@]1(c2cc(CC(=O)c3ncc(C#N)cc3Cl)cc(F)c2F)C[C@@H](C(F)(F)F)OC(N)=N1. The second kappa shape index (κ2) is 8.35. The molecule has 1 aliphatic heterocycles. The lowest BCUT2D eigenvalue weighted by molar-refractivity contribution is -0.208. The molecule has 2 N–H and O–H groups in total. The first-order valence-corrected chi connectivity index (χ1v) is 9.38. The Morgan fingerprint density at radius 1 is 1.38 bits per heavy atom. The van der Waals surface area contributed by atoms with E-state index in [-0.39, 0.29) is 21.8 Å². The van der Waals surface area contributed by atoms with Crippen molar-refractivity contribution in [1.82, 2.24) is 4.98 Å². The van der Waals surface area contributed by atoms with Crippen LogP contribution in [0.15, 0.2) is 29.4 Å². The van der Waals surface area contributed by atoms with E-state index in [4.69, 9.17) is 22.6 Å². The Morgan fingerprint density at radius 2 is 2.06 bits per heavy atom. The molecule has 1 aliphatic rings. The Morgan fingerprint density at radius 3 is 2.66 bits per heavy atom. The van der Waals surface area contributed by atoms with E-state index in [0.717, 1.165) is 25.3 Å². The Labute approximate surface area is 183 Å². The van der Waals surface area contributed by atoms with Gasteiger partial charge >= 0.3 is 6.18 Å². The van der Waals surface area contributed by atoms with Crippen LogP contribution in [0.4, 0.5) is 22.0 Å². The third kappa shape index (κ3) is 4.65. The van der Waals surface area contributed by atoms with E-state index in [2.05, 4.69) is 14.7 Å². The van der Waals surface area contributed by atoms with Gasteiger partial charge in [0.15, 0.2) is 23.5 Å². The maximum absolute atomic E-state index is 14.6. The van der Waals surface area contributed by atoms with E-state index in [1.54, 1.807) is 6.07 Å². The molecule has 32 heavy (non-hydrogen) atoms. The van der Waals surface area contributed by atoms with Crippen LogP contribution in [-0.2, 0) is 16.7 Å². The molecule has 0 saturated heterocycles. The first kappa shape index (κ1) is 23.4. The average Bonchev–Trinajstić information content (AvgIpc) is 2.68. The van der Waals surface area contributed by atoms with Crippen LogP contribution in [0.1, 0.15) is 40.5 Å². The number of aromatic nitrogens is 1. The predicted octanol–water partition coefficient (Wildman–Crippen LogP) is 4.19. The first-order chi connectivity index (χ1) is 14.8. The van der Waals surface area contributed by atoms with Gasteiger partial charge in [-0.2, -0.15) is 18.4 Å². The zero-order valence-corrected chi connectivity index (χ0v) is 17.1. The van der Waals surface area contributed by atoms with E-state index in [1.807, 2.05) is 0 Å². The standard InChI is InChI=1S/C20H14ClF5N4O2/c1-19(6-15(20(24,25)26)32-18(28)30-19)11-2-9(4-13(22)16(11)23)5-14(31)17-12(21)3-10(7-27)8-29-17/h2-4,8,15H,5-6H2,1H3,(H2,28,30)/t15-,19-/m0/s1. The van der Waals surface area contributed by atoms with Crippen molar-refractivity contribution in [3.63, 3.8) is 0 Å². The minimum absolute atomic E-state index is 0.0452. The van der Waals surface area contributed by atoms with Gasteiger partial charge in [-0.1, -0.05) is 11.6 Å². The number of rotatable bonds is 4. The quantitative estimate of drug-likeness (QED) is 0.531. The molecular formula is C20H14ClF5N4O2. The number of amidine groups is 1. The molecule has 0 aliphatic carbocycles. The van der Waals surface area contributed by atoms with Gasteiger partial charge in [0.25, 0.3) is 6.02 Å². The smallest absolute Gasteiger partial charge is 0.425 e. The number of hydrogen-bond acceptors (Lipinski definition) is 6. The van der Waals surface area contributed by atoms with E-state index < -0.39 is 59.7 Å². The number of halogens is 6. The number of nitriles is 1. The van der Waals surface area contributed by atoms with Gasteiger partial charge in [-0.25, -0.2) is 13.8 Å². The highest BCUT2D eigenvalue weighted by molar-refractivity contribution is 6.33. The molecule has 1 aromatic carbocycles. The van der Waals surface area contributed by atoms with Crippen LogP contribution >= 0.6 is 11.6 Å². The molecule has 0 bridgehead atoms. The summed E-state index contributed by atoms with van der Waals surface area (Å²) < 4.78 is 73.0. The predicted molar refractivity (Wildman–Crippen MR) is 103 cm³/mol. The van der Waals surface area contributed by atoms with Gasteiger partial charge < -0.3 is 10.5 Å². The van der Waals surface area contributed by atoms with Crippen LogP contribution < -0.4 is 5.73 Å². The van der Waals surface area contributed by atoms with Gasteiger partial charge in [-0.3, -0.25) is 9.78 Å². The summed E-state index contributed by atoms with van der Waals surface area (Å²) in [4.78, 5) is 20.2. The van der Waals surface area contributed by atoms with E-state index in [9.17, 15) is 26.7 Å². The van der Waals surface area contributed by atoms with Gasteiger partial charge in [0, 0.05) is 24.6 Å². The molecular weight excluding hydrogens is 459 g/mol. The molecule has 0 spiro atoms. The Hall–Kier alpha value is -3.26. The van der Waals surface area contributed by atoms with Gasteiger partial charge in [-0.05, 0) is 30.7 Å². The number of alkyl halides is 3. The molecule has 168 valence electrons. The average molecular weight is 473 g/mol. The van der Waals surface area contributed by atoms with E-state index in [0.29, 0.717) is 0 Å². The summed E-state index contributed by atoms with van der Waals surface area (Å²) in [5.74, 6) is -3.48. The lowest BCUT2D eigenvalue weighted by Gasteiger charge is -2.36. The highest BCUT2D eigenvalue weighted by atomic mass is 35.5. The number of benzene rings is 1. The van der Waals surface area contributed by atoms with Crippen molar-refractivity contribution in [2.75, 3.05) is 0 Å². The fourth-order valence-corrected chi connectivity index (χ4v) is 3.60. The van der Waals surface area contributed by atoms with Crippen LogP contribution in [-0.4, -0.2) is 29.1 Å². The number of carbonyl (C=O) groups is 1. The second-order valence-electron chi connectivity index (χ2n) is 7.28. The fraction of sp³-hybridized carbons (Fsp3) is 0.300.